The van der Waals surface area contributed by atoms with E-state index in [0.717, 1.165) is 116 Å². The lowest BCUT2D eigenvalue weighted by atomic mass is 10.4. The molecule has 0 amide bonds. The first-order chi connectivity index (χ1) is 14.7. The first kappa shape index (κ1) is 22.3. The van der Waals surface area contributed by atoms with Gasteiger partial charge in [-0.2, -0.15) is 0 Å². The van der Waals surface area contributed by atoms with Gasteiger partial charge in [0.15, 0.2) is 10.2 Å². The van der Waals surface area contributed by atoms with E-state index < -0.39 is 0 Å². The van der Waals surface area contributed by atoms with Crippen molar-refractivity contribution in [1.29, 1.82) is 0 Å². The Morgan fingerprint density at radius 1 is 0.600 bits per heavy atom. The fourth-order valence-electron chi connectivity index (χ4n) is 4.04. The van der Waals surface area contributed by atoms with Crippen molar-refractivity contribution in [2.45, 2.75) is 0 Å². The van der Waals surface area contributed by atoms with Gasteiger partial charge in [0.1, 0.15) is 0 Å². The molecule has 0 saturated carbocycles. The molecule has 0 unspecified atom stereocenters. The molecule has 4 fully saturated rings. The molecule has 4 saturated heterocycles. The van der Waals surface area contributed by atoms with Crippen molar-refractivity contribution in [3.05, 3.63) is 0 Å². The smallest absolute Gasteiger partial charge is 0.190 e. The molecule has 10 nitrogen and oxygen atoms in total. The Bertz CT molecular complexity index is 539. The molecule has 4 aliphatic heterocycles. The third-order valence-electron chi connectivity index (χ3n) is 6.01. The summed E-state index contributed by atoms with van der Waals surface area (Å²) in [5, 5.41) is 12.4. The summed E-state index contributed by atoms with van der Waals surface area (Å²) in [7, 11) is 0. The van der Waals surface area contributed by atoms with Crippen LogP contribution in [0.5, 0.6) is 0 Å². The Balaban J connectivity index is 1.27. The van der Waals surface area contributed by atoms with Crippen molar-refractivity contribution in [2.75, 3.05) is 105 Å². The van der Waals surface area contributed by atoms with Crippen LogP contribution in [0.25, 0.3) is 0 Å². The fraction of sp³-hybridized carbons (Fsp3) is 0.889. The summed E-state index contributed by atoms with van der Waals surface area (Å²) < 4.78 is 10.9. The van der Waals surface area contributed by atoms with Crippen LogP contribution in [0.3, 0.4) is 0 Å². The standard InChI is InChI=1S/C18H34N8O2S2/c29-17-19-13-23(3-1-21-5-9-27-10-6-21)15-25(17)26-16-24(14-20-18(26)30)4-2-22-7-11-28-12-8-22/h1-16H2,(H,19,29)(H,20,30). The lowest BCUT2D eigenvalue weighted by Gasteiger charge is -2.48. The molecular weight excluding hydrogens is 424 g/mol. The molecule has 0 aromatic rings. The highest BCUT2D eigenvalue weighted by Crippen LogP contribution is 2.12. The first-order valence-electron chi connectivity index (χ1n) is 10.8. The number of morpholine rings is 2. The predicted molar refractivity (Wildman–Crippen MR) is 123 cm³/mol. The van der Waals surface area contributed by atoms with Gasteiger partial charge in [-0.3, -0.25) is 19.6 Å². The average molecular weight is 459 g/mol. The zero-order chi connectivity index (χ0) is 20.8. The SMILES string of the molecule is S=C1NCN(CCN2CCOCC2)CN1N1CN(CCN2CCOCC2)CNC1=S. The van der Waals surface area contributed by atoms with Crippen LogP contribution in [0, 0.1) is 0 Å². The molecule has 170 valence electrons. The Kier molecular flexibility index (Phi) is 8.29. The van der Waals surface area contributed by atoms with Crippen LogP contribution in [0.2, 0.25) is 0 Å². The number of nitrogens with one attached hydrogen (secondary N) is 2. The van der Waals surface area contributed by atoms with Gasteiger partial charge in [0, 0.05) is 52.4 Å². The van der Waals surface area contributed by atoms with Gasteiger partial charge in [0.05, 0.1) is 53.1 Å². The molecular formula is C18H34N8O2S2. The van der Waals surface area contributed by atoms with Crippen LogP contribution >= 0.6 is 24.4 Å². The van der Waals surface area contributed by atoms with E-state index in [1.54, 1.807) is 0 Å². The van der Waals surface area contributed by atoms with E-state index in [4.69, 9.17) is 33.9 Å². The molecule has 12 heteroatoms. The van der Waals surface area contributed by atoms with Gasteiger partial charge in [0.2, 0.25) is 0 Å². The minimum atomic E-state index is 0.733. The number of thiocarbonyl (C=S) groups is 2. The molecule has 0 aliphatic carbocycles. The van der Waals surface area contributed by atoms with Crippen molar-refractivity contribution >= 4 is 34.7 Å². The molecule has 4 heterocycles. The van der Waals surface area contributed by atoms with Crippen molar-refractivity contribution in [3.8, 4) is 0 Å². The minimum Gasteiger partial charge on any atom is -0.379 e. The van der Waals surface area contributed by atoms with E-state index in [9.17, 15) is 0 Å². The van der Waals surface area contributed by atoms with Gasteiger partial charge in [-0.15, -0.1) is 0 Å². The quantitative estimate of drug-likeness (QED) is 0.431. The summed E-state index contributed by atoms with van der Waals surface area (Å²) in [5.74, 6) is 0. The molecule has 30 heavy (non-hydrogen) atoms. The van der Waals surface area contributed by atoms with E-state index in [2.05, 4.69) is 40.3 Å². The van der Waals surface area contributed by atoms with Crippen molar-refractivity contribution < 1.29 is 9.47 Å². The highest BCUT2D eigenvalue weighted by molar-refractivity contribution is 7.80. The molecule has 2 N–H and O–H groups in total. The summed E-state index contributed by atoms with van der Waals surface area (Å²) in [6.07, 6.45) is 0. The molecule has 0 bridgehead atoms. The summed E-state index contributed by atoms with van der Waals surface area (Å²) in [5.41, 5.74) is 0. The molecule has 0 aromatic carbocycles. The highest BCUT2D eigenvalue weighted by atomic mass is 32.1. The molecule has 4 rings (SSSR count). The average Bonchev–Trinajstić information content (AvgIpc) is 2.79. The van der Waals surface area contributed by atoms with Crippen LogP contribution in [-0.2, 0) is 9.47 Å². The third-order valence-corrected chi connectivity index (χ3v) is 6.72. The highest BCUT2D eigenvalue weighted by Gasteiger charge is 2.31. The Morgan fingerprint density at radius 2 is 0.967 bits per heavy atom. The number of nitrogens with zero attached hydrogens (tertiary/aromatic N) is 6. The summed E-state index contributed by atoms with van der Waals surface area (Å²) in [6, 6.07) is 0. The van der Waals surface area contributed by atoms with Crippen LogP contribution < -0.4 is 10.6 Å². The third kappa shape index (κ3) is 6.10. The maximum atomic E-state index is 5.62. The zero-order valence-electron chi connectivity index (χ0n) is 17.6. The number of hydrazine groups is 1. The van der Waals surface area contributed by atoms with Gasteiger partial charge >= 0.3 is 0 Å². The number of rotatable bonds is 7. The maximum Gasteiger partial charge on any atom is 0.190 e. The number of ether oxygens (including phenoxy) is 2. The summed E-state index contributed by atoms with van der Waals surface area (Å²) in [4.78, 5) is 9.67. The molecule has 4 aliphatic rings. The number of hydrogen-bond donors (Lipinski definition) is 2. The van der Waals surface area contributed by atoms with Crippen LogP contribution in [0.15, 0.2) is 0 Å². The molecule has 0 atom stereocenters. The first-order valence-corrected chi connectivity index (χ1v) is 11.7. The largest absolute Gasteiger partial charge is 0.379 e. The normalized spacial score (nSPS) is 26.0. The van der Waals surface area contributed by atoms with Gasteiger partial charge < -0.3 is 20.1 Å². The topological polar surface area (TPSA) is 62.0 Å². The van der Waals surface area contributed by atoms with Crippen LogP contribution in [0.1, 0.15) is 0 Å². The molecule has 0 aromatic heterocycles. The maximum absolute atomic E-state index is 5.62. The lowest BCUT2D eigenvalue weighted by molar-refractivity contribution is -0.0253. The lowest BCUT2D eigenvalue weighted by Crippen LogP contribution is -2.69. The monoisotopic (exact) mass is 458 g/mol. The second-order valence-corrected chi connectivity index (χ2v) is 8.83. The van der Waals surface area contributed by atoms with E-state index in [-0.39, 0.29) is 0 Å². The fourth-order valence-corrected chi connectivity index (χ4v) is 4.48. The minimum absolute atomic E-state index is 0.733. The van der Waals surface area contributed by atoms with Crippen molar-refractivity contribution in [3.63, 3.8) is 0 Å². The Morgan fingerprint density at radius 3 is 1.37 bits per heavy atom. The Hall–Kier alpha value is -0.860. The molecule has 0 radical (unpaired) electrons. The van der Waals surface area contributed by atoms with E-state index in [1.807, 2.05) is 0 Å². The van der Waals surface area contributed by atoms with Gasteiger partial charge in [-0.25, -0.2) is 10.0 Å². The van der Waals surface area contributed by atoms with E-state index in [1.165, 1.54) is 0 Å². The van der Waals surface area contributed by atoms with Gasteiger partial charge in [0.25, 0.3) is 0 Å². The number of hydrogen-bond acceptors (Lipinski definition) is 8. The summed E-state index contributed by atoms with van der Waals surface area (Å²) >= 11 is 11.2. The zero-order valence-corrected chi connectivity index (χ0v) is 19.3. The van der Waals surface area contributed by atoms with Crippen molar-refractivity contribution in [1.82, 2.24) is 40.3 Å². The second-order valence-electron chi connectivity index (χ2n) is 8.06. The summed E-state index contributed by atoms with van der Waals surface area (Å²) in [6.45, 7) is 14.5. The molecule has 0 spiro atoms. The predicted octanol–water partition coefficient (Wildman–Crippen LogP) is -1.62. The van der Waals surface area contributed by atoms with Crippen LogP contribution in [0.4, 0.5) is 0 Å². The van der Waals surface area contributed by atoms with Crippen molar-refractivity contribution in [2.24, 2.45) is 0 Å². The van der Waals surface area contributed by atoms with E-state index in [0.29, 0.717) is 0 Å². The van der Waals surface area contributed by atoms with E-state index >= 15 is 0 Å². The van der Waals surface area contributed by atoms with Gasteiger partial charge in [-0.1, -0.05) is 0 Å². The van der Waals surface area contributed by atoms with Gasteiger partial charge in [-0.05, 0) is 24.4 Å². The Labute approximate surface area is 189 Å². The second kappa shape index (κ2) is 11.1. The van der Waals surface area contributed by atoms with Crippen LogP contribution in [-0.4, -0.2) is 145 Å².